The first-order chi connectivity index (χ1) is 10.1. The number of amides is 1. The second-order valence-electron chi connectivity index (χ2n) is 4.83. The summed E-state index contributed by atoms with van der Waals surface area (Å²) in [5.41, 5.74) is 2.31. The van der Waals surface area contributed by atoms with Crippen LogP contribution >= 0.6 is 0 Å². The number of methoxy groups -OCH3 is 1. The number of benzene rings is 1. The molecule has 2 rings (SSSR count). The summed E-state index contributed by atoms with van der Waals surface area (Å²) in [5, 5.41) is 11.0. The summed E-state index contributed by atoms with van der Waals surface area (Å²) >= 11 is 0. The van der Waals surface area contributed by atoms with Crippen molar-refractivity contribution in [1.82, 2.24) is 4.90 Å². The second-order valence-corrected chi connectivity index (χ2v) is 4.83. The molecule has 1 fully saturated rings. The van der Waals surface area contributed by atoms with Crippen molar-refractivity contribution in [3.8, 4) is 0 Å². The zero-order valence-corrected chi connectivity index (χ0v) is 11.7. The maximum atomic E-state index is 12.5. The van der Waals surface area contributed by atoms with Crippen LogP contribution in [-0.4, -0.2) is 42.0 Å². The molecular formula is C13H18N4O4. The van der Waals surface area contributed by atoms with Gasteiger partial charge in [-0.3, -0.25) is 20.8 Å². The van der Waals surface area contributed by atoms with Crippen LogP contribution in [0.4, 0.5) is 11.4 Å². The van der Waals surface area contributed by atoms with Crippen molar-refractivity contribution in [2.75, 3.05) is 25.6 Å². The molecule has 114 valence electrons. The third-order valence-electron chi connectivity index (χ3n) is 3.68. The average Bonchev–Trinajstić information content (AvgIpc) is 2.53. The van der Waals surface area contributed by atoms with Gasteiger partial charge >= 0.3 is 0 Å². The molecule has 0 atom stereocenters. The Kier molecular flexibility index (Phi) is 4.71. The molecule has 1 aliphatic heterocycles. The van der Waals surface area contributed by atoms with Crippen molar-refractivity contribution in [1.29, 1.82) is 0 Å². The van der Waals surface area contributed by atoms with Crippen LogP contribution in [0.25, 0.3) is 0 Å². The van der Waals surface area contributed by atoms with Gasteiger partial charge in [-0.2, -0.15) is 0 Å². The van der Waals surface area contributed by atoms with Crippen LogP contribution in [0.15, 0.2) is 18.2 Å². The van der Waals surface area contributed by atoms with Crippen LogP contribution in [0.5, 0.6) is 0 Å². The molecule has 1 aromatic rings. The minimum Gasteiger partial charge on any atom is -0.381 e. The van der Waals surface area contributed by atoms with Crippen molar-refractivity contribution in [2.45, 2.75) is 18.9 Å². The van der Waals surface area contributed by atoms with Gasteiger partial charge in [-0.1, -0.05) is 6.07 Å². The minimum atomic E-state index is -0.566. The largest absolute Gasteiger partial charge is 0.381 e. The summed E-state index contributed by atoms with van der Waals surface area (Å²) in [4.78, 5) is 24.6. The number of likely N-dealkylation sites (tertiary alicyclic amines) is 1. The Labute approximate surface area is 122 Å². The highest BCUT2D eigenvalue weighted by Gasteiger charge is 2.27. The highest BCUT2D eigenvalue weighted by molar-refractivity contribution is 6.01. The van der Waals surface area contributed by atoms with Crippen LogP contribution in [0.3, 0.4) is 0 Å². The van der Waals surface area contributed by atoms with Gasteiger partial charge in [-0.15, -0.1) is 0 Å². The number of rotatable bonds is 4. The molecule has 0 aliphatic carbocycles. The van der Waals surface area contributed by atoms with E-state index < -0.39 is 4.92 Å². The Hall–Kier alpha value is -2.19. The van der Waals surface area contributed by atoms with Gasteiger partial charge in [0.25, 0.3) is 11.6 Å². The molecule has 1 aromatic carbocycles. The van der Waals surface area contributed by atoms with Crippen molar-refractivity contribution in [3.05, 3.63) is 33.9 Å². The number of nitro groups is 1. The van der Waals surface area contributed by atoms with Gasteiger partial charge in [-0.25, -0.2) is 0 Å². The highest BCUT2D eigenvalue weighted by atomic mass is 16.6. The molecule has 1 aliphatic rings. The van der Waals surface area contributed by atoms with Crippen LogP contribution < -0.4 is 11.3 Å². The van der Waals surface area contributed by atoms with Gasteiger partial charge in [0, 0.05) is 26.3 Å². The number of carbonyl (C=O) groups is 1. The molecule has 1 heterocycles. The van der Waals surface area contributed by atoms with Crippen molar-refractivity contribution >= 4 is 17.3 Å². The number of nitrogens with one attached hydrogen (secondary N) is 1. The first kappa shape index (κ1) is 15.2. The lowest BCUT2D eigenvalue weighted by Crippen LogP contribution is -2.41. The number of hydrogen-bond acceptors (Lipinski definition) is 6. The van der Waals surface area contributed by atoms with Crippen molar-refractivity contribution in [2.24, 2.45) is 5.84 Å². The second kappa shape index (κ2) is 6.51. The van der Waals surface area contributed by atoms with Crippen molar-refractivity contribution < 1.29 is 14.5 Å². The topological polar surface area (TPSA) is 111 Å². The van der Waals surface area contributed by atoms with E-state index >= 15 is 0 Å². The standard InChI is InChI=1S/C13H18N4O4/c1-21-9-5-7-16(8-6-9)13(18)10-3-2-4-11(17(19)20)12(10)15-14/h2-4,9,15H,5-8,14H2,1H3. The average molecular weight is 294 g/mol. The lowest BCUT2D eigenvalue weighted by Gasteiger charge is -2.31. The first-order valence-corrected chi connectivity index (χ1v) is 6.64. The summed E-state index contributed by atoms with van der Waals surface area (Å²) in [6, 6.07) is 4.32. The molecular weight excluding hydrogens is 276 g/mol. The fourth-order valence-corrected chi connectivity index (χ4v) is 2.49. The van der Waals surface area contributed by atoms with E-state index in [2.05, 4.69) is 5.43 Å². The number of piperidine rings is 1. The van der Waals surface area contributed by atoms with Crippen LogP contribution in [-0.2, 0) is 4.74 Å². The van der Waals surface area contributed by atoms with E-state index in [1.165, 1.54) is 18.2 Å². The molecule has 8 nitrogen and oxygen atoms in total. The zero-order chi connectivity index (χ0) is 15.4. The number of ether oxygens (including phenoxy) is 1. The molecule has 0 unspecified atom stereocenters. The van der Waals surface area contributed by atoms with Gasteiger partial charge in [0.15, 0.2) is 0 Å². The van der Waals surface area contributed by atoms with Crippen LogP contribution in [0, 0.1) is 10.1 Å². The SMILES string of the molecule is COC1CCN(C(=O)c2cccc([N+](=O)[O-])c2NN)CC1. The van der Waals surface area contributed by atoms with E-state index in [0.29, 0.717) is 13.1 Å². The van der Waals surface area contributed by atoms with Gasteiger partial charge in [0.2, 0.25) is 0 Å². The summed E-state index contributed by atoms with van der Waals surface area (Å²) < 4.78 is 5.26. The Morgan fingerprint density at radius 1 is 1.48 bits per heavy atom. The highest BCUT2D eigenvalue weighted by Crippen LogP contribution is 2.29. The predicted octanol–water partition coefficient (Wildman–Crippen LogP) is 1.13. The summed E-state index contributed by atoms with van der Waals surface area (Å²) in [6.07, 6.45) is 1.66. The van der Waals surface area contributed by atoms with Crippen LogP contribution in [0.2, 0.25) is 0 Å². The number of nitrogen functional groups attached to an aromatic ring is 1. The number of nitro benzene ring substituents is 1. The van der Waals surface area contributed by atoms with E-state index in [1.807, 2.05) is 0 Å². The van der Waals surface area contributed by atoms with E-state index in [0.717, 1.165) is 12.8 Å². The zero-order valence-electron chi connectivity index (χ0n) is 11.7. The molecule has 3 N–H and O–H groups in total. The quantitative estimate of drug-likeness (QED) is 0.489. The number of para-hydroxylation sites is 1. The Morgan fingerprint density at radius 2 is 2.14 bits per heavy atom. The van der Waals surface area contributed by atoms with E-state index in [1.54, 1.807) is 12.0 Å². The maximum Gasteiger partial charge on any atom is 0.294 e. The van der Waals surface area contributed by atoms with E-state index in [4.69, 9.17) is 10.6 Å². The number of anilines is 1. The molecule has 0 bridgehead atoms. The monoisotopic (exact) mass is 294 g/mol. The van der Waals surface area contributed by atoms with Gasteiger partial charge < -0.3 is 15.1 Å². The lowest BCUT2D eigenvalue weighted by atomic mass is 10.0. The Morgan fingerprint density at radius 3 is 2.67 bits per heavy atom. The molecule has 8 heteroatoms. The van der Waals surface area contributed by atoms with Crippen LogP contribution in [0.1, 0.15) is 23.2 Å². The van der Waals surface area contributed by atoms with Gasteiger partial charge in [0.05, 0.1) is 16.6 Å². The normalized spacial score (nSPS) is 15.8. The maximum absolute atomic E-state index is 12.5. The molecule has 0 radical (unpaired) electrons. The number of nitrogens with zero attached hydrogens (tertiary/aromatic N) is 2. The smallest absolute Gasteiger partial charge is 0.294 e. The fraction of sp³-hybridized carbons (Fsp3) is 0.462. The molecule has 0 aromatic heterocycles. The Bertz CT molecular complexity index is 541. The van der Waals surface area contributed by atoms with Crippen molar-refractivity contribution in [3.63, 3.8) is 0 Å². The summed E-state index contributed by atoms with van der Waals surface area (Å²) in [5.74, 6) is 5.09. The first-order valence-electron chi connectivity index (χ1n) is 6.64. The molecule has 1 saturated heterocycles. The third-order valence-corrected chi connectivity index (χ3v) is 3.68. The third kappa shape index (κ3) is 3.11. The summed E-state index contributed by atoms with van der Waals surface area (Å²) in [6.45, 7) is 1.12. The number of hydrazine groups is 1. The summed E-state index contributed by atoms with van der Waals surface area (Å²) in [7, 11) is 1.65. The lowest BCUT2D eigenvalue weighted by molar-refractivity contribution is -0.384. The van der Waals surface area contributed by atoms with Gasteiger partial charge in [0.1, 0.15) is 5.69 Å². The minimum absolute atomic E-state index is 0.0429. The molecule has 1 amide bonds. The fourth-order valence-electron chi connectivity index (χ4n) is 2.49. The number of carbonyl (C=O) groups excluding carboxylic acids is 1. The van der Waals surface area contributed by atoms with E-state index in [9.17, 15) is 14.9 Å². The van der Waals surface area contributed by atoms with Gasteiger partial charge in [-0.05, 0) is 18.9 Å². The van der Waals surface area contributed by atoms with E-state index in [-0.39, 0.29) is 28.9 Å². The molecule has 21 heavy (non-hydrogen) atoms. The number of nitrogens with two attached hydrogens (primary N) is 1. The molecule has 0 saturated carbocycles. The Balaban J connectivity index is 2.24. The number of hydrogen-bond donors (Lipinski definition) is 2. The molecule has 0 spiro atoms. The predicted molar refractivity (Wildman–Crippen MR) is 76.8 cm³/mol.